The fourth-order valence-electron chi connectivity index (χ4n) is 11.8. The maximum absolute atomic E-state index is 14.7. The molecule has 1 saturated carbocycles. The second-order valence-electron chi connectivity index (χ2n) is 22.8. The summed E-state index contributed by atoms with van der Waals surface area (Å²) < 4.78 is 52.7. The fourth-order valence-corrected chi connectivity index (χ4v) is 11.8. The van der Waals surface area contributed by atoms with Gasteiger partial charge in [-0.25, -0.2) is 9.59 Å². The summed E-state index contributed by atoms with van der Waals surface area (Å²) in [5.41, 5.74) is 1.08. The number of aliphatic hydroxyl groups excluding tert-OH is 3. The number of hydrogen-bond acceptors (Lipinski definition) is 19. The lowest BCUT2D eigenvalue weighted by Gasteiger charge is -2.42. The number of Topliss-reactive ketones (excluding diaryl/α,β-unsaturated/α-hetero) is 3. The molecule has 0 aromatic carbocycles. The molecule has 2 unspecified atom stereocenters. The first-order valence-corrected chi connectivity index (χ1v) is 28.6. The number of carbonyl (C=O) groups excluding carboxylic acids is 6. The van der Waals surface area contributed by atoms with Gasteiger partial charge in [-0.3, -0.25) is 19.2 Å². The molecule has 2 bridgehead atoms. The average molecular weight is 1130 g/mol. The van der Waals surface area contributed by atoms with Gasteiger partial charge in [0.05, 0.1) is 50.5 Å². The summed E-state index contributed by atoms with van der Waals surface area (Å²) in [5.74, 6) is -9.17. The van der Waals surface area contributed by atoms with Crippen LogP contribution in [-0.2, 0) is 66.6 Å². The van der Waals surface area contributed by atoms with Crippen LogP contribution in [0.5, 0.6) is 0 Å². The molecule has 4 heterocycles. The van der Waals surface area contributed by atoms with Crippen molar-refractivity contribution < 1.29 is 91.8 Å². The van der Waals surface area contributed by atoms with Crippen LogP contribution in [0.4, 0.5) is 4.79 Å². The lowest BCUT2D eigenvalue weighted by molar-refractivity contribution is -0.265. The Hall–Kier alpha value is -4.64. The monoisotopic (exact) mass is 1130 g/mol. The molecule has 0 radical (unpaired) electrons. The molecule has 450 valence electrons. The average Bonchev–Trinajstić information content (AvgIpc) is 3.54. The van der Waals surface area contributed by atoms with E-state index in [1.165, 1.54) is 19.4 Å². The van der Waals surface area contributed by atoms with Crippen molar-refractivity contribution in [2.75, 3.05) is 47.7 Å². The highest BCUT2D eigenvalue weighted by molar-refractivity contribution is 6.39. The van der Waals surface area contributed by atoms with E-state index in [2.05, 4.69) is 0 Å². The normalized spacial score (nSPS) is 38.6. The Morgan fingerprint density at radius 2 is 1.59 bits per heavy atom. The van der Waals surface area contributed by atoms with Crippen LogP contribution in [0, 0.1) is 35.5 Å². The molecule has 20 heteroatoms. The molecule has 1 amide bonds. The minimum atomic E-state index is -2.48. The highest BCUT2D eigenvalue weighted by Crippen LogP contribution is 2.38. The third kappa shape index (κ3) is 17.7. The summed E-state index contributed by atoms with van der Waals surface area (Å²) in [6, 6.07) is -1.22. The highest BCUT2D eigenvalue weighted by atomic mass is 16.7. The zero-order valence-corrected chi connectivity index (χ0v) is 48.6. The SMILES string of the molecule is CO[C@H]1C[C@@H]2CC[C@@H](C)[C@@](O)(O2)C(=O)C(=O)N2CCCCC2C(=O)O[C@H]([C@H](C)CC2CC[C@@H](OCCO)[C@H](OC)C2)CC(=O)[C@H](C)/C=C(\C)[C@@H](OC(=O)O[C@H]2[C@H](O)C=CO[C@@H]2CO)[C@@H](OC)C(=O)[C@H](C)C[C@H](C)/C=C/C=C/C=C/1C. The number of aliphatic hydroxyl groups is 4. The van der Waals surface area contributed by atoms with Gasteiger partial charge in [0.2, 0.25) is 5.79 Å². The number of ether oxygens (including phenoxy) is 9. The van der Waals surface area contributed by atoms with E-state index in [1.807, 2.05) is 51.2 Å². The van der Waals surface area contributed by atoms with Gasteiger partial charge in [-0.1, -0.05) is 71.1 Å². The van der Waals surface area contributed by atoms with Gasteiger partial charge >= 0.3 is 12.1 Å². The molecule has 20 nitrogen and oxygen atoms in total. The minimum Gasteiger partial charge on any atom is -0.492 e. The number of allylic oxidation sites excluding steroid dienone is 6. The van der Waals surface area contributed by atoms with Crippen molar-refractivity contribution in [1.82, 2.24) is 4.90 Å². The zero-order valence-electron chi connectivity index (χ0n) is 48.6. The summed E-state index contributed by atoms with van der Waals surface area (Å²) in [6.45, 7) is 11.8. The van der Waals surface area contributed by atoms with Crippen LogP contribution in [0.3, 0.4) is 0 Å². The number of carbonyl (C=O) groups is 6. The van der Waals surface area contributed by atoms with Crippen molar-refractivity contribution in [2.24, 2.45) is 35.5 Å². The van der Waals surface area contributed by atoms with Gasteiger partial charge in [-0.2, -0.15) is 0 Å². The van der Waals surface area contributed by atoms with Crippen molar-refractivity contribution in [3.05, 3.63) is 59.9 Å². The number of esters is 1. The number of cyclic esters (lactones) is 1. The minimum absolute atomic E-state index is 0.0322. The molecule has 1 aliphatic carbocycles. The van der Waals surface area contributed by atoms with Gasteiger partial charge in [0.1, 0.15) is 24.0 Å². The zero-order chi connectivity index (χ0) is 58.8. The number of hydrogen-bond donors (Lipinski definition) is 4. The standard InChI is InChI=1S/C60H91NO19/c1-35-16-12-11-13-17-36(2)48(72-8)32-43-21-19-41(7)60(71,80-43)56(67)57(68)61-24-15-14-18-44(61)58(69)77-49(38(4)30-42-20-22-47(76-27-25-62)50(31-42)73-9)33-46(65)37(3)29-40(6)53(55(74-10)52(66)39(5)28-35)78-59(70)79-54-45(64)23-26-75-51(54)34-63/h11-13,16-17,23,26,29,35,37-39,41-45,47-51,53-55,62-64,71H,14-15,18-22,24-25,27-28,30-34H2,1-10H3/b13-11+,16-12+,36-17+,40-29+/t35-,37-,38-,39-,41-,42?,43+,44?,45-,47-,48+,49+,50-,51-,53-,54+,55+,60-/m1/s1. The summed E-state index contributed by atoms with van der Waals surface area (Å²) >= 11 is 0. The van der Waals surface area contributed by atoms with E-state index < -0.39 is 121 Å². The Kier molecular flexibility index (Phi) is 26.2. The summed E-state index contributed by atoms with van der Waals surface area (Å²) in [7, 11) is 4.46. The van der Waals surface area contributed by atoms with Crippen LogP contribution in [0.25, 0.3) is 0 Å². The number of rotatable bonds is 12. The van der Waals surface area contributed by atoms with Crippen molar-refractivity contribution in [3.63, 3.8) is 0 Å². The molecule has 3 fully saturated rings. The Balaban J connectivity index is 1.54. The highest BCUT2D eigenvalue weighted by Gasteiger charge is 2.53. The van der Waals surface area contributed by atoms with E-state index in [0.717, 1.165) is 16.9 Å². The van der Waals surface area contributed by atoms with E-state index in [0.29, 0.717) is 51.4 Å². The maximum atomic E-state index is 14.7. The van der Waals surface area contributed by atoms with Gasteiger partial charge in [0.25, 0.3) is 11.7 Å². The van der Waals surface area contributed by atoms with Crippen LogP contribution >= 0.6 is 0 Å². The Bertz CT molecular complexity index is 2230. The fraction of sp³-hybridized carbons (Fsp3) is 0.733. The third-order valence-corrected chi connectivity index (χ3v) is 16.7. The van der Waals surface area contributed by atoms with E-state index in [9.17, 15) is 49.2 Å². The summed E-state index contributed by atoms with van der Waals surface area (Å²) in [4.78, 5) is 87.6. The van der Waals surface area contributed by atoms with Gasteiger partial charge in [-0.05, 0) is 113 Å². The summed E-state index contributed by atoms with van der Waals surface area (Å²) in [5, 5.41) is 42.1. The van der Waals surface area contributed by atoms with Crippen LogP contribution in [0.1, 0.15) is 126 Å². The van der Waals surface area contributed by atoms with Crippen molar-refractivity contribution in [3.8, 4) is 0 Å². The number of amides is 1. The first-order chi connectivity index (χ1) is 38.1. The molecule has 0 aromatic heterocycles. The molecule has 2 saturated heterocycles. The van der Waals surface area contributed by atoms with E-state index in [-0.39, 0.29) is 74.4 Å². The lowest BCUT2D eigenvalue weighted by atomic mass is 9.78. The molecule has 5 rings (SSSR count). The second-order valence-corrected chi connectivity index (χ2v) is 22.8. The van der Waals surface area contributed by atoms with Crippen LogP contribution in [0.15, 0.2) is 59.9 Å². The van der Waals surface area contributed by atoms with E-state index in [1.54, 1.807) is 48.0 Å². The predicted molar refractivity (Wildman–Crippen MR) is 292 cm³/mol. The Labute approximate surface area is 472 Å². The molecule has 18 atom stereocenters. The first kappa shape index (κ1) is 66.2. The Morgan fingerprint density at radius 3 is 2.27 bits per heavy atom. The van der Waals surface area contributed by atoms with Gasteiger partial charge in [-0.15, -0.1) is 0 Å². The first-order valence-electron chi connectivity index (χ1n) is 28.6. The van der Waals surface area contributed by atoms with Crippen molar-refractivity contribution in [2.45, 2.75) is 198 Å². The third-order valence-electron chi connectivity index (χ3n) is 16.7. The number of piperidine rings is 1. The smallest absolute Gasteiger partial charge is 0.492 e. The molecule has 4 N–H and O–H groups in total. The molecular weight excluding hydrogens is 1040 g/mol. The molecule has 5 aliphatic rings. The quantitative estimate of drug-likeness (QED) is 0.0992. The molecule has 4 aliphatic heterocycles. The molecule has 0 aromatic rings. The van der Waals surface area contributed by atoms with E-state index >= 15 is 0 Å². The lowest BCUT2D eigenvalue weighted by Crippen LogP contribution is -2.61. The second kappa shape index (κ2) is 31.7. The largest absolute Gasteiger partial charge is 0.509 e. The Morgan fingerprint density at radius 1 is 0.838 bits per heavy atom. The summed E-state index contributed by atoms with van der Waals surface area (Å²) in [6.07, 6.45) is 7.45. The molecule has 80 heavy (non-hydrogen) atoms. The number of ketones is 3. The molecule has 0 spiro atoms. The molecular formula is C60H91NO19. The maximum Gasteiger partial charge on any atom is 0.509 e. The van der Waals surface area contributed by atoms with Gasteiger partial charge < -0.3 is 68.0 Å². The number of fused-ring (bicyclic) bond motifs is 3. The van der Waals surface area contributed by atoms with Gasteiger partial charge in [0, 0.05) is 58.5 Å². The van der Waals surface area contributed by atoms with Gasteiger partial charge in [0.15, 0.2) is 30.2 Å². The van der Waals surface area contributed by atoms with Crippen LogP contribution in [0.2, 0.25) is 0 Å². The van der Waals surface area contributed by atoms with E-state index in [4.69, 9.17) is 42.6 Å². The van der Waals surface area contributed by atoms with Crippen molar-refractivity contribution >= 4 is 35.4 Å². The van der Waals surface area contributed by atoms with Crippen LogP contribution < -0.4 is 0 Å². The number of nitrogens with zero attached hydrogens (tertiary/aromatic N) is 1. The number of methoxy groups -OCH3 is 3. The topological polar surface area (TPSA) is 270 Å². The van der Waals surface area contributed by atoms with Crippen LogP contribution in [-0.4, -0.2) is 181 Å². The van der Waals surface area contributed by atoms with Crippen molar-refractivity contribution in [1.29, 1.82) is 0 Å². The predicted octanol–water partition coefficient (Wildman–Crippen LogP) is 5.99.